The molecule has 3 nitrogen and oxygen atoms in total. The summed E-state index contributed by atoms with van der Waals surface area (Å²) < 4.78 is 18.4. The first-order valence-electron chi connectivity index (χ1n) is 6.37. The van der Waals surface area contributed by atoms with Gasteiger partial charge in [0.05, 0.1) is 12.1 Å². The second-order valence-corrected chi connectivity index (χ2v) is 5.05. The largest absolute Gasteiger partial charge is 0.467 e. The average Bonchev–Trinajstić information content (AvgIpc) is 2.49. The van der Waals surface area contributed by atoms with Crippen molar-refractivity contribution in [2.24, 2.45) is 0 Å². The maximum Gasteiger partial charge on any atom is 0.332 e. The Morgan fingerprint density at radius 2 is 1.90 bits per heavy atom. The van der Waals surface area contributed by atoms with Gasteiger partial charge in [-0.05, 0) is 36.8 Å². The Bertz CT molecular complexity index is 643. The Hall–Kier alpha value is -2.07. The van der Waals surface area contributed by atoms with Gasteiger partial charge in [0.1, 0.15) is 5.82 Å². The van der Waals surface area contributed by atoms with Crippen LogP contribution in [0.2, 0.25) is 5.02 Å². The van der Waals surface area contributed by atoms with E-state index in [2.05, 4.69) is 5.32 Å². The van der Waals surface area contributed by atoms with Gasteiger partial charge in [0.15, 0.2) is 6.04 Å². The van der Waals surface area contributed by atoms with Crippen molar-refractivity contribution in [3.05, 3.63) is 64.4 Å². The lowest BCUT2D eigenvalue weighted by Crippen LogP contribution is -2.22. The van der Waals surface area contributed by atoms with E-state index in [1.165, 1.54) is 19.2 Å². The molecule has 1 N–H and O–H groups in total. The predicted molar refractivity (Wildman–Crippen MR) is 81.0 cm³/mol. The van der Waals surface area contributed by atoms with Gasteiger partial charge in [0.2, 0.25) is 0 Å². The molecule has 0 saturated heterocycles. The van der Waals surface area contributed by atoms with Crippen LogP contribution in [0.25, 0.3) is 0 Å². The van der Waals surface area contributed by atoms with E-state index >= 15 is 0 Å². The maximum atomic E-state index is 13.6. The van der Waals surface area contributed by atoms with Crippen molar-refractivity contribution in [2.75, 3.05) is 12.4 Å². The quantitative estimate of drug-likeness (QED) is 0.864. The number of anilines is 1. The summed E-state index contributed by atoms with van der Waals surface area (Å²) in [5.41, 5.74) is 2.29. The van der Waals surface area contributed by atoms with Gasteiger partial charge in [0.25, 0.3) is 0 Å². The fraction of sp³-hybridized carbons (Fsp3) is 0.188. The summed E-state index contributed by atoms with van der Waals surface area (Å²) in [6, 6.07) is 11.0. The van der Waals surface area contributed by atoms with Crippen molar-refractivity contribution in [3.8, 4) is 0 Å². The monoisotopic (exact) mass is 307 g/mol. The molecule has 0 aliphatic carbocycles. The van der Waals surface area contributed by atoms with E-state index in [0.717, 1.165) is 11.3 Å². The first-order chi connectivity index (χ1) is 10.0. The summed E-state index contributed by atoms with van der Waals surface area (Å²) in [6.07, 6.45) is 0. The van der Waals surface area contributed by atoms with Crippen molar-refractivity contribution in [1.29, 1.82) is 0 Å². The molecule has 5 heteroatoms. The number of rotatable bonds is 4. The van der Waals surface area contributed by atoms with Crippen LogP contribution in [0, 0.1) is 12.7 Å². The summed E-state index contributed by atoms with van der Waals surface area (Å²) in [7, 11) is 1.29. The average molecular weight is 308 g/mol. The van der Waals surface area contributed by atoms with Gasteiger partial charge in [-0.2, -0.15) is 0 Å². The highest BCUT2D eigenvalue weighted by atomic mass is 35.5. The normalized spacial score (nSPS) is 11.8. The summed E-state index contributed by atoms with van der Waals surface area (Å²) in [4.78, 5) is 11.9. The Kier molecular flexibility index (Phi) is 4.81. The molecule has 1 atom stereocenters. The Balaban J connectivity index is 2.31. The van der Waals surface area contributed by atoms with Gasteiger partial charge in [-0.3, -0.25) is 0 Å². The topological polar surface area (TPSA) is 38.3 Å². The number of aryl methyl sites for hydroxylation is 1. The standard InChI is InChI=1S/C16H15ClFNO2/c1-10-3-6-12(7-4-10)19-15(16(20)21-2)11-5-8-13(17)14(18)9-11/h3-9,15,19H,1-2H3. The fourth-order valence-electron chi connectivity index (χ4n) is 1.90. The number of halogens is 2. The van der Waals surface area contributed by atoms with Crippen LogP contribution in [0.3, 0.4) is 0 Å². The van der Waals surface area contributed by atoms with Crippen LogP contribution in [-0.2, 0) is 9.53 Å². The van der Waals surface area contributed by atoms with Crippen LogP contribution < -0.4 is 5.32 Å². The van der Waals surface area contributed by atoms with Crippen molar-refractivity contribution in [1.82, 2.24) is 0 Å². The van der Waals surface area contributed by atoms with Crippen molar-refractivity contribution in [2.45, 2.75) is 13.0 Å². The minimum atomic E-state index is -0.801. The molecule has 0 bridgehead atoms. The Morgan fingerprint density at radius 3 is 2.48 bits per heavy atom. The summed E-state index contributed by atoms with van der Waals surface area (Å²) in [5.74, 6) is -1.08. The van der Waals surface area contributed by atoms with Crippen LogP contribution >= 0.6 is 11.6 Å². The molecule has 0 aromatic heterocycles. The molecule has 21 heavy (non-hydrogen) atoms. The van der Waals surface area contributed by atoms with E-state index in [1.54, 1.807) is 6.07 Å². The maximum absolute atomic E-state index is 13.6. The molecular formula is C16H15ClFNO2. The van der Waals surface area contributed by atoms with E-state index in [9.17, 15) is 9.18 Å². The number of hydrogen-bond donors (Lipinski definition) is 1. The van der Waals surface area contributed by atoms with Gasteiger partial charge in [0, 0.05) is 5.69 Å². The third-order valence-electron chi connectivity index (χ3n) is 3.08. The molecule has 0 fully saturated rings. The number of hydrogen-bond acceptors (Lipinski definition) is 3. The highest BCUT2D eigenvalue weighted by Crippen LogP contribution is 2.24. The van der Waals surface area contributed by atoms with E-state index < -0.39 is 17.8 Å². The van der Waals surface area contributed by atoms with Gasteiger partial charge < -0.3 is 10.1 Å². The highest BCUT2D eigenvalue weighted by Gasteiger charge is 2.22. The Morgan fingerprint density at radius 1 is 1.24 bits per heavy atom. The van der Waals surface area contributed by atoms with Crippen LogP contribution in [0.5, 0.6) is 0 Å². The van der Waals surface area contributed by atoms with Crippen LogP contribution in [0.15, 0.2) is 42.5 Å². The smallest absolute Gasteiger partial charge is 0.332 e. The third kappa shape index (κ3) is 3.73. The number of methoxy groups -OCH3 is 1. The Labute approximate surface area is 127 Å². The zero-order valence-corrected chi connectivity index (χ0v) is 12.4. The van der Waals surface area contributed by atoms with Crippen molar-refractivity contribution in [3.63, 3.8) is 0 Å². The lowest BCUT2D eigenvalue weighted by Gasteiger charge is -2.18. The van der Waals surface area contributed by atoms with Crippen LogP contribution in [0.1, 0.15) is 17.2 Å². The lowest BCUT2D eigenvalue weighted by molar-refractivity contribution is -0.141. The number of nitrogens with one attached hydrogen (secondary N) is 1. The molecule has 0 heterocycles. The molecule has 0 amide bonds. The lowest BCUT2D eigenvalue weighted by atomic mass is 10.1. The molecule has 0 aliphatic heterocycles. The second kappa shape index (κ2) is 6.59. The number of ether oxygens (including phenoxy) is 1. The van der Waals surface area contributed by atoms with Crippen molar-refractivity contribution >= 4 is 23.3 Å². The molecule has 110 valence electrons. The first-order valence-corrected chi connectivity index (χ1v) is 6.75. The fourth-order valence-corrected chi connectivity index (χ4v) is 2.02. The molecular weight excluding hydrogens is 293 g/mol. The van der Waals surface area contributed by atoms with E-state index in [4.69, 9.17) is 16.3 Å². The molecule has 0 aliphatic rings. The molecule has 0 radical (unpaired) electrons. The minimum Gasteiger partial charge on any atom is -0.467 e. The molecule has 0 spiro atoms. The van der Waals surface area contributed by atoms with E-state index in [0.29, 0.717) is 5.56 Å². The van der Waals surface area contributed by atoms with Gasteiger partial charge in [-0.25, -0.2) is 9.18 Å². The highest BCUT2D eigenvalue weighted by molar-refractivity contribution is 6.30. The predicted octanol–water partition coefficient (Wildman–Crippen LogP) is 4.11. The number of carbonyl (C=O) groups is 1. The van der Waals surface area contributed by atoms with Gasteiger partial charge >= 0.3 is 5.97 Å². The summed E-state index contributed by atoms with van der Waals surface area (Å²) >= 11 is 5.66. The zero-order valence-electron chi connectivity index (χ0n) is 11.7. The summed E-state index contributed by atoms with van der Waals surface area (Å²) in [6.45, 7) is 1.97. The van der Waals surface area contributed by atoms with Crippen LogP contribution in [-0.4, -0.2) is 13.1 Å². The number of esters is 1. The molecule has 2 aromatic rings. The second-order valence-electron chi connectivity index (χ2n) is 4.64. The zero-order chi connectivity index (χ0) is 15.4. The third-order valence-corrected chi connectivity index (χ3v) is 3.38. The van der Waals surface area contributed by atoms with Gasteiger partial charge in [-0.1, -0.05) is 35.4 Å². The molecule has 0 saturated carbocycles. The summed E-state index contributed by atoms with van der Waals surface area (Å²) in [5, 5.41) is 3.05. The van der Waals surface area contributed by atoms with E-state index in [1.807, 2.05) is 31.2 Å². The molecule has 2 aromatic carbocycles. The SMILES string of the molecule is COC(=O)C(Nc1ccc(C)cc1)c1ccc(Cl)c(F)c1. The number of carbonyl (C=O) groups excluding carboxylic acids is 1. The minimum absolute atomic E-state index is 0.0118. The van der Waals surface area contributed by atoms with E-state index in [-0.39, 0.29) is 5.02 Å². The molecule has 2 rings (SSSR count). The van der Waals surface area contributed by atoms with Crippen LogP contribution in [0.4, 0.5) is 10.1 Å². The first kappa shape index (κ1) is 15.3. The van der Waals surface area contributed by atoms with Gasteiger partial charge in [-0.15, -0.1) is 0 Å². The van der Waals surface area contributed by atoms with Crippen molar-refractivity contribution < 1.29 is 13.9 Å². The number of benzene rings is 2. The molecule has 1 unspecified atom stereocenters.